The van der Waals surface area contributed by atoms with Crippen LogP contribution in [0.15, 0.2) is 6.20 Å². The maximum atomic E-state index is 12.1. The van der Waals surface area contributed by atoms with Crippen LogP contribution in [0.3, 0.4) is 0 Å². The van der Waals surface area contributed by atoms with Gasteiger partial charge in [-0.2, -0.15) is 0 Å². The van der Waals surface area contributed by atoms with E-state index in [4.69, 9.17) is 10.8 Å². The van der Waals surface area contributed by atoms with Crippen LogP contribution in [-0.2, 0) is 17.9 Å². The van der Waals surface area contributed by atoms with E-state index in [0.29, 0.717) is 31.9 Å². The average Bonchev–Trinajstić information content (AvgIpc) is 2.87. The number of β-amino-alcohol motifs (C(OH)–C–C–N with tert-alkyl or cyclic N) is 1. The Morgan fingerprint density at radius 3 is 2.68 bits per heavy atom. The Labute approximate surface area is 111 Å². The second-order valence-electron chi connectivity index (χ2n) is 4.56. The summed E-state index contributed by atoms with van der Waals surface area (Å²) in [5.74, 6) is 0.0390. The molecule has 0 bridgehead atoms. The van der Waals surface area contributed by atoms with Crippen molar-refractivity contribution in [2.45, 2.75) is 13.1 Å². The molecule has 8 heteroatoms. The zero-order chi connectivity index (χ0) is 13.7. The summed E-state index contributed by atoms with van der Waals surface area (Å²) in [5.41, 5.74) is 6.12. The molecule has 19 heavy (non-hydrogen) atoms. The van der Waals surface area contributed by atoms with E-state index in [1.807, 2.05) is 4.90 Å². The molecule has 0 aliphatic carbocycles. The molecule has 1 aromatic rings. The van der Waals surface area contributed by atoms with Gasteiger partial charge >= 0.3 is 0 Å². The Balaban J connectivity index is 1.81. The van der Waals surface area contributed by atoms with Crippen LogP contribution in [0.4, 0.5) is 0 Å². The van der Waals surface area contributed by atoms with Crippen LogP contribution in [0, 0.1) is 0 Å². The molecule has 0 aromatic carbocycles. The molecule has 106 valence electrons. The minimum atomic E-state index is 0.0390. The molecule has 1 aromatic heterocycles. The van der Waals surface area contributed by atoms with Gasteiger partial charge in [-0.15, -0.1) is 5.10 Å². The van der Waals surface area contributed by atoms with Gasteiger partial charge < -0.3 is 15.7 Å². The molecule has 1 aliphatic heterocycles. The number of carbonyl (C=O) groups is 1. The molecule has 3 N–H and O–H groups in total. The van der Waals surface area contributed by atoms with Crippen molar-refractivity contribution in [2.75, 3.05) is 39.3 Å². The van der Waals surface area contributed by atoms with Crippen LogP contribution in [0.5, 0.6) is 0 Å². The lowest BCUT2D eigenvalue weighted by Gasteiger charge is -2.34. The fourth-order valence-corrected chi connectivity index (χ4v) is 2.11. The van der Waals surface area contributed by atoms with E-state index >= 15 is 0 Å². The lowest BCUT2D eigenvalue weighted by atomic mass is 10.3. The summed E-state index contributed by atoms with van der Waals surface area (Å²) in [5, 5.41) is 16.6. The zero-order valence-corrected chi connectivity index (χ0v) is 10.9. The fraction of sp³-hybridized carbons (Fsp3) is 0.727. The topological polar surface area (TPSA) is 101 Å². The Hall–Kier alpha value is -1.51. The average molecular weight is 268 g/mol. The van der Waals surface area contributed by atoms with Gasteiger partial charge in [-0.25, -0.2) is 4.68 Å². The summed E-state index contributed by atoms with van der Waals surface area (Å²) in [6.07, 6.45) is 1.69. The molecule has 8 nitrogen and oxygen atoms in total. The first-order valence-electron chi connectivity index (χ1n) is 6.43. The summed E-state index contributed by atoms with van der Waals surface area (Å²) >= 11 is 0. The van der Waals surface area contributed by atoms with E-state index in [-0.39, 0.29) is 19.1 Å². The molecule has 2 heterocycles. The summed E-state index contributed by atoms with van der Waals surface area (Å²) in [7, 11) is 0. The number of rotatable bonds is 5. The van der Waals surface area contributed by atoms with Crippen molar-refractivity contribution in [3.05, 3.63) is 11.9 Å². The SMILES string of the molecule is NCc1cn(CC(=O)N2CCN(CCO)CC2)nn1. The molecule has 0 radical (unpaired) electrons. The Bertz CT molecular complexity index is 413. The quantitative estimate of drug-likeness (QED) is 0.633. The van der Waals surface area contributed by atoms with Crippen molar-refractivity contribution in [2.24, 2.45) is 5.73 Å². The molecule has 1 saturated heterocycles. The van der Waals surface area contributed by atoms with Crippen LogP contribution in [-0.4, -0.2) is 75.1 Å². The minimum Gasteiger partial charge on any atom is -0.395 e. The lowest BCUT2D eigenvalue weighted by molar-refractivity contribution is -0.133. The summed E-state index contributed by atoms with van der Waals surface area (Å²) in [4.78, 5) is 16.0. The van der Waals surface area contributed by atoms with Crippen molar-refractivity contribution in [3.63, 3.8) is 0 Å². The van der Waals surface area contributed by atoms with Crippen molar-refractivity contribution >= 4 is 5.91 Å². The van der Waals surface area contributed by atoms with Crippen LogP contribution in [0.25, 0.3) is 0 Å². The number of aliphatic hydroxyl groups is 1. The summed E-state index contributed by atoms with van der Waals surface area (Å²) in [6, 6.07) is 0. The summed E-state index contributed by atoms with van der Waals surface area (Å²) in [6.45, 7) is 4.35. The number of nitrogens with zero attached hydrogens (tertiary/aromatic N) is 5. The highest BCUT2D eigenvalue weighted by atomic mass is 16.3. The monoisotopic (exact) mass is 268 g/mol. The normalized spacial score (nSPS) is 16.8. The lowest BCUT2D eigenvalue weighted by Crippen LogP contribution is -2.50. The first-order chi connectivity index (χ1) is 9.22. The highest BCUT2D eigenvalue weighted by Crippen LogP contribution is 2.03. The molecular weight excluding hydrogens is 248 g/mol. The van der Waals surface area contributed by atoms with E-state index in [9.17, 15) is 4.79 Å². The van der Waals surface area contributed by atoms with Gasteiger partial charge in [-0.1, -0.05) is 5.21 Å². The van der Waals surface area contributed by atoms with Gasteiger partial charge in [0.05, 0.1) is 18.5 Å². The van der Waals surface area contributed by atoms with Gasteiger partial charge in [0.25, 0.3) is 0 Å². The molecule has 0 saturated carbocycles. The number of nitrogens with two attached hydrogens (primary N) is 1. The van der Waals surface area contributed by atoms with Gasteiger partial charge in [-0.05, 0) is 0 Å². The van der Waals surface area contributed by atoms with Crippen LogP contribution >= 0.6 is 0 Å². The molecule has 0 unspecified atom stereocenters. The third kappa shape index (κ3) is 3.72. The molecule has 0 spiro atoms. The number of aromatic nitrogens is 3. The van der Waals surface area contributed by atoms with Crippen LogP contribution < -0.4 is 5.73 Å². The highest BCUT2D eigenvalue weighted by Gasteiger charge is 2.21. The van der Waals surface area contributed by atoms with Crippen molar-refractivity contribution in [1.82, 2.24) is 24.8 Å². The standard InChI is InChI=1S/C11H20N6O2/c12-7-10-8-17(14-13-10)9-11(19)16-3-1-15(2-4-16)5-6-18/h8,18H,1-7,9,12H2. The third-order valence-corrected chi connectivity index (χ3v) is 3.23. The van der Waals surface area contributed by atoms with E-state index in [0.717, 1.165) is 13.1 Å². The van der Waals surface area contributed by atoms with Gasteiger partial charge in [0.1, 0.15) is 6.54 Å². The Morgan fingerprint density at radius 2 is 2.11 bits per heavy atom. The van der Waals surface area contributed by atoms with E-state index < -0.39 is 0 Å². The summed E-state index contributed by atoms with van der Waals surface area (Å²) < 4.78 is 1.52. The number of amides is 1. The van der Waals surface area contributed by atoms with Gasteiger partial charge in [-0.3, -0.25) is 9.69 Å². The second-order valence-corrected chi connectivity index (χ2v) is 4.56. The van der Waals surface area contributed by atoms with E-state index in [2.05, 4.69) is 15.2 Å². The largest absolute Gasteiger partial charge is 0.395 e. The van der Waals surface area contributed by atoms with Gasteiger partial charge in [0.15, 0.2) is 0 Å². The van der Waals surface area contributed by atoms with Crippen LogP contribution in [0.1, 0.15) is 5.69 Å². The number of hydrogen-bond donors (Lipinski definition) is 2. The van der Waals surface area contributed by atoms with E-state index in [1.54, 1.807) is 6.20 Å². The molecule has 1 fully saturated rings. The van der Waals surface area contributed by atoms with Crippen molar-refractivity contribution in [3.8, 4) is 0 Å². The maximum Gasteiger partial charge on any atom is 0.244 e. The molecule has 1 amide bonds. The van der Waals surface area contributed by atoms with Crippen molar-refractivity contribution in [1.29, 1.82) is 0 Å². The number of aliphatic hydroxyl groups excluding tert-OH is 1. The molecule has 2 rings (SSSR count). The number of carbonyl (C=O) groups excluding carboxylic acids is 1. The highest BCUT2D eigenvalue weighted by molar-refractivity contribution is 5.76. The molecule has 1 aliphatic rings. The van der Waals surface area contributed by atoms with Gasteiger partial charge in [0, 0.05) is 39.3 Å². The fourth-order valence-electron chi connectivity index (χ4n) is 2.11. The minimum absolute atomic E-state index is 0.0390. The van der Waals surface area contributed by atoms with Gasteiger partial charge in [0.2, 0.25) is 5.91 Å². The second kappa shape index (κ2) is 6.60. The van der Waals surface area contributed by atoms with Crippen molar-refractivity contribution < 1.29 is 9.90 Å². The Kier molecular flexibility index (Phi) is 4.83. The first-order valence-corrected chi connectivity index (χ1v) is 6.43. The first kappa shape index (κ1) is 13.9. The number of hydrogen-bond acceptors (Lipinski definition) is 6. The zero-order valence-electron chi connectivity index (χ0n) is 10.9. The predicted octanol–water partition coefficient (Wildman–Crippen LogP) is -2.13. The maximum absolute atomic E-state index is 12.1. The Morgan fingerprint density at radius 1 is 1.37 bits per heavy atom. The smallest absolute Gasteiger partial charge is 0.244 e. The predicted molar refractivity (Wildman–Crippen MR) is 68.0 cm³/mol. The third-order valence-electron chi connectivity index (χ3n) is 3.23. The number of piperazine rings is 1. The van der Waals surface area contributed by atoms with Crippen LogP contribution in [0.2, 0.25) is 0 Å². The molecular formula is C11H20N6O2. The van der Waals surface area contributed by atoms with E-state index in [1.165, 1.54) is 4.68 Å². The molecule has 0 atom stereocenters.